The molecule has 0 unspecified atom stereocenters. The molecule has 0 spiro atoms. The number of hydrogen-bond donors (Lipinski definition) is 1. The number of fused-ring (bicyclic) bond motifs is 1. The summed E-state index contributed by atoms with van der Waals surface area (Å²) in [5.74, 6) is 0.566. The van der Waals surface area contributed by atoms with E-state index in [2.05, 4.69) is 4.98 Å². The predicted molar refractivity (Wildman–Crippen MR) is 127 cm³/mol. The SMILES string of the molecule is COc1ccccc1CN(Cc1cc2ccc(C)cc2[nH]c1=O)C(=O)c1ccc(C)cc1. The topological polar surface area (TPSA) is 62.4 Å². The molecule has 0 bridgehead atoms. The van der Waals surface area contributed by atoms with Gasteiger partial charge in [-0.2, -0.15) is 0 Å². The molecule has 5 heteroatoms. The number of aromatic amines is 1. The van der Waals surface area contributed by atoms with Gasteiger partial charge in [0.05, 0.1) is 13.7 Å². The number of H-pyrrole nitrogens is 1. The highest BCUT2D eigenvalue weighted by Crippen LogP contribution is 2.22. The number of nitrogens with one attached hydrogen (secondary N) is 1. The smallest absolute Gasteiger partial charge is 0.254 e. The van der Waals surface area contributed by atoms with Crippen LogP contribution in [-0.4, -0.2) is 22.9 Å². The molecular weight excluding hydrogens is 400 g/mol. The minimum Gasteiger partial charge on any atom is -0.496 e. The van der Waals surface area contributed by atoms with Gasteiger partial charge in [-0.05, 0) is 55.1 Å². The Bertz CT molecular complexity index is 1320. The maximum atomic E-state index is 13.5. The van der Waals surface area contributed by atoms with Crippen LogP contribution in [0.25, 0.3) is 10.9 Å². The van der Waals surface area contributed by atoms with Crippen molar-refractivity contribution in [2.24, 2.45) is 0 Å². The first kappa shape index (κ1) is 21.4. The number of carbonyl (C=O) groups is 1. The fraction of sp³-hybridized carbons (Fsp3) is 0.185. The monoisotopic (exact) mass is 426 g/mol. The lowest BCUT2D eigenvalue weighted by Gasteiger charge is -2.24. The van der Waals surface area contributed by atoms with Crippen molar-refractivity contribution in [2.75, 3.05) is 7.11 Å². The van der Waals surface area contributed by atoms with Crippen LogP contribution in [0.4, 0.5) is 0 Å². The van der Waals surface area contributed by atoms with Crippen LogP contribution < -0.4 is 10.3 Å². The van der Waals surface area contributed by atoms with Crippen molar-refractivity contribution in [3.8, 4) is 5.75 Å². The number of amides is 1. The summed E-state index contributed by atoms with van der Waals surface area (Å²) in [6, 6.07) is 22.9. The highest BCUT2D eigenvalue weighted by molar-refractivity contribution is 5.94. The molecule has 0 aliphatic rings. The summed E-state index contributed by atoms with van der Waals surface area (Å²) in [6.45, 7) is 4.48. The quantitative estimate of drug-likeness (QED) is 0.472. The zero-order chi connectivity index (χ0) is 22.7. The molecule has 32 heavy (non-hydrogen) atoms. The van der Waals surface area contributed by atoms with Gasteiger partial charge in [-0.1, -0.05) is 48.0 Å². The van der Waals surface area contributed by atoms with Crippen molar-refractivity contribution in [3.63, 3.8) is 0 Å². The lowest BCUT2D eigenvalue weighted by atomic mass is 10.1. The molecule has 5 nitrogen and oxygen atoms in total. The zero-order valence-corrected chi connectivity index (χ0v) is 18.5. The average molecular weight is 427 g/mol. The zero-order valence-electron chi connectivity index (χ0n) is 18.5. The molecular formula is C27H26N2O3. The number of para-hydroxylation sites is 1. The molecule has 162 valence electrons. The number of aromatic nitrogens is 1. The number of methoxy groups -OCH3 is 1. The van der Waals surface area contributed by atoms with Gasteiger partial charge in [-0.25, -0.2) is 0 Å². The van der Waals surface area contributed by atoms with Gasteiger partial charge in [0, 0.05) is 28.8 Å². The van der Waals surface area contributed by atoms with Gasteiger partial charge in [0.25, 0.3) is 11.5 Å². The van der Waals surface area contributed by atoms with E-state index in [0.29, 0.717) is 23.4 Å². The van der Waals surface area contributed by atoms with Gasteiger partial charge < -0.3 is 14.6 Å². The van der Waals surface area contributed by atoms with E-state index in [1.165, 1.54) is 0 Å². The van der Waals surface area contributed by atoms with E-state index in [-0.39, 0.29) is 18.0 Å². The van der Waals surface area contributed by atoms with Crippen LogP contribution in [0.3, 0.4) is 0 Å². The Morgan fingerprint density at radius 2 is 1.56 bits per heavy atom. The maximum absolute atomic E-state index is 13.5. The van der Waals surface area contributed by atoms with E-state index in [9.17, 15) is 9.59 Å². The van der Waals surface area contributed by atoms with Crippen molar-refractivity contribution in [2.45, 2.75) is 26.9 Å². The van der Waals surface area contributed by atoms with E-state index >= 15 is 0 Å². The van der Waals surface area contributed by atoms with E-state index in [0.717, 1.165) is 27.6 Å². The molecule has 1 N–H and O–H groups in total. The van der Waals surface area contributed by atoms with Crippen LogP contribution in [0.15, 0.2) is 77.6 Å². The molecule has 1 amide bonds. The molecule has 1 aromatic heterocycles. The summed E-state index contributed by atoms with van der Waals surface area (Å²) in [6.07, 6.45) is 0. The van der Waals surface area contributed by atoms with Crippen LogP contribution in [0.1, 0.15) is 32.6 Å². The van der Waals surface area contributed by atoms with Crippen molar-refractivity contribution in [3.05, 3.63) is 111 Å². The Morgan fingerprint density at radius 1 is 0.875 bits per heavy atom. The van der Waals surface area contributed by atoms with Gasteiger partial charge in [0.15, 0.2) is 0 Å². The predicted octanol–water partition coefficient (Wildman–Crippen LogP) is 5.00. The third-order valence-electron chi connectivity index (χ3n) is 5.58. The molecule has 3 aromatic carbocycles. The van der Waals surface area contributed by atoms with E-state index in [4.69, 9.17) is 4.74 Å². The molecule has 1 heterocycles. The molecule has 0 saturated heterocycles. The molecule has 4 rings (SSSR count). The van der Waals surface area contributed by atoms with E-state index in [1.54, 1.807) is 12.0 Å². The largest absolute Gasteiger partial charge is 0.496 e. The van der Waals surface area contributed by atoms with Crippen LogP contribution in [0.5, 0.6) is 5.75 Å². The number of benzene rings is 3. The lowest BCUT2D eigenvalue weighted by molar-refractivity contribution is 0.0728. The number of nitrogens with zero attached hydrogens (tertiary/aromatic N) is 1. The normalized spacial score (nSPS) is 10.8. The third-order valence-corrected chi connectivity index (χ3v) is 5.58. The van der Waals surface area contributed by atoms with E-state index < -0.39 is 0 Å². The van der Waals surface area contributed by atoms with Crippen molar-refractivity contribution >= 4 is 16.8 Å². The number of carbonyl (C=O) groups excluding carboxylic acids is 1. The Balaban J connectivity index is 1.73. The van der Waals surface area contributed by atoms with Crippen molar-refractivity contribution < 1.29 is 9.53 Å². The average Bonchev–Trinajstić information content (AvgIpc) is 2.79. The summed E-state index contributed by atoms with van der Waals surface area (Å²) in [7, 11) is 1.61. The minimum atomic E-state index is -0.190. The van der Waals surface area contributed by atoms with Gasteiger partial charge >= 0.3 is 0 Å². The number of rotatable bonds is 6. The third kappa shape index (κ3) is 4.57. The standard InChI is InChI=1S/C27H26N2O3/c1-18-8-11-20(12-9-18)27(31)29(16-22-6-4-5-7-25(22)32-3)17-23-15-21-13-10-19(2)14-24(21)28-26(23)30/h4-15H,16-17H2,1-3H3,(H,28,30). The van der Waals surface area contributed by atoms with Crippen LogP contribution in [0, 0.1) is 13.8 Å². The number of hydrogen-bond acceptors (Lipinski definition) is 3. The fourth-order valence-electron chi connectivity index (χ4n) is 3.80. The van der Waals surface area contributed by atoms with E-state index in [1.807, 2.05) is 86.6 Å². The Morgan fingerprint density at radius 3 is 2.31 bits per heavy atom. The first-order chi connectivity index (χ1) is 15.4. The minimum absolute atomic E-state index is 0.140. The first-order valence-corrected chi connectivity index (χ1v) is 10.5. The van der Waals surface area contributed by atoms with Crippen molar-refractivity contribution in [1.82, 2.24) is 9.88 Å². The molecule has 0 radical (unpaired) electrons. The Hall–Kier alpha value is -3.86. The van der Waals surface area contributed by atoms with Gasteiger partial charge in [0.2, 0.25) is 0 Å². The second-order valence-corrected chi connectivity index (χ2v) is 8.05. The molecule has 0 atom stereocenters. The second kappa shape index (κ2) is 9.10. The molecule has 0 saturated carbocycles. The number of aryl methyl sites for hydroxylation is 2. The van der Waals surface area contributed by atoms with Crippen molar-refractivity contribution in [1.29, 1.82) is 0 Å². The van der Waals surface area contributed by atoms with Crippen LogP contribution >= 0.6 is 0 Å². The Kier molecular flexibility index (Phi) is 6.08. The fourth-order valence-corrected chi connectivity index (χ4v) is 3.80. The molecule has 0 fully saturated rings. The summed E-state index contributed by atoms with van der Waals surface area (Å²) in [4.78, 5) is 30.9. The maximum Gasteiger partial charge on any atom is 0.254 e. The summed E-state index contributed by atoms with van der Waals surface area (Å²) < 4.78 is 5.48. The Labute approximate surface area is 187 Å². The number of ether oxygens (including phenoxy) is 1. The van der Waals surface area contributed by atoms with Gasteiger partial charge in [-0.15, -0.1) is 0 Å². The lowest BCUT2D eigenvalue weighted by Crippen LogP contribution is -2.32. The van der Waals surface area contributed by atoms with Gasteiger partial charge in [-0.3, -0.25) is 9.59 Å². The summed E-state index contributed by atoms with van der Waals surface area (Å²) in [5.41, 5.74) is 4.76. The number of pyridine rings is 1. The molecule has 4 aromatic rings. The first-order valence-electron chi connectivity index (χ1n) is 10.5. The summed E-state index contributed by atoms with van der Waals surface area (Å²) >= 11 is 0. The second-order valence-electron chi connectivity index (χ2n) is 8.05. The molecule has 0 aliphatic heterocycles. The highest BCUT2D eigenvalue weighted by atomic mass is 16.5. The summed E-state index contributed by atoms with van der Waals surface area (Å²) in [5, 5.41) is 0.935. The molecule has 0 aliphatic carbocycles. The van der Waals surface area contributed by atoms with Crippen LogP contribution in [-0.2, 0) is 13.1 Å². The highest BCUT2D eigenvalue weighted by Gasteiger charge is 2.20. The van der Waals surface area contributed by atoms with Gasteiger partial charge in [0.1, 0.15) is 5.75 Å². The van der Waals surface area contributed by atoms with Crippen LogP contribution in [0.2, 0.25) is 0 Å².